The van der Waals surface area contributed by atoms with Gasteiger partial charge in [-0.3, -0.25) is 4.18 Å². The van der Waals surface area contributed by atoms with Crippen LogP contribution in [0.1, 0.15) is 71.1 Å². The fourth-order valence-electron chi connectivity index (χ4n) is 2.68. The minimum absolute atomic E-state index is 0. The molecule has 1 rings (SSSR count). The van der Waals surface area contributed by atoms with Crippen molar-refractivity contribution < 1.29 is 44.4 Å². The monoisotopic (exact) mass is 412 g/mol. The molecule has 0 aliphatic heterocycles. The molecule has 0 spiro atoms. The average molecular weight is 412 g/mol. The molecular formula is C18H29LiO6S2. The Hall–Kier alpha value is -0.363. The zero-order chi connectivity index (χ0) is 19.5. The Labute approximate surface area is 176 Å². The summed E-state index contributed by atoms with van der Waals surface area (Å²) in [5.41, 5.74) is 0. The molecular weight excluding hydrogens is 383 g/mol. The van der Waals surface area contributed by atoms with E-state index in [9.17, 15) is 21.4 Å². The van der Waals surface area contributed by atoms with Crippen molar-refractivity contribution in [2.45, 2.75) is 80.9 Å². The maximum absolute atomic E-state index is 12.1. The summed E-state index contributed by atoms with van der Waals surface area (Å²) in [6, 6.07) is 4.69. The van der Waals surface area contributed by atoms with Crippen molar-refractivity contribution in [3.05, 3.63) is 24.3 Å². The first kappa shape index (κ1) is 26.6. The van der Waals surface area contributed by atoms with Crippen LogP contribution in [0.4, 0.5) is 0 Å². The molecule has 1 aromatic carbocycles. The summed E-state index contributed by atoms with van der Waals surface area (Å²) < 4.78 is 62.7. The van der Waals surface area contributed by atoms with Crippen LogP contribution in [0.2, 0.25) is 0 Å². The van der Waals surface area contributed by atoms with Gasteiger partial charge in [-0.2, -0.15) is 8.42 Å². The molecule has 1 aromatic rings. The van der Waals surface area contributed by atoms with Crippen LogP contribution in [0.3, 0.4) is 0 Å². The molecule has 0 saturated heterocycles. The summed E-state index contributed by atoms with van der Waals surface area (Å²) >= 11 is 0. The van der Waals surface area contributed by atoms with Gasteiger partial charge in [0.15, 0.2) is 0 Å². The normalized spacial score (nSPS) is 11.9. The van der Waals surface area contributed by atoms with Crippen LogP contribution in [0, 0.1) is 0 Å². The number of rotatable bonds is 14. The van der Waals surface area contributed by atoms with Gasteiger partial charge in [-0.05, 0) is 18.6 Å². The van der Waals surface area contributed by atoms with Gasteiger partial charge in [-0.1, -0.05) is 76.8 Å². The summed E-state index contributed by atoms with van der Waals surface area (Å²) in [6.45, 7) is 2.17. The zero-order valence-corrected chi connectivity index (χ0v) is 18.0. The predicted molar refractivity (Wildman–Crippen MR) is 99.4 cm³/mol. The van der Waals surface area contributed by atoms with E-state index in [2.05, 4.69) is 6.92 Å². The van der Waals surface area contributed by atoms with Crippen LogP contribution in [-0.2, 0) is 24.4 Å². The Kier molecular flexibility index (Phi) is 13.6. The first-order chi connectivity index (χ1) is 12.3. The Balaban J connectivity index is 0.00000676. The van der Waals surface area contributed by atoms with Gasteiger partial charge in [0, 0.05) is 0 Å². The maximum atomic E-state index is 12.1. The third kappa shape index (κ3) is 10.7. The molecule has 0 bridgehead atoms. The molecule has 0 unspecified atom stereocenters. The van der Waals surface area contributed by atoms with E-state index >= 15 is 0 Å². The van der Waals surface area contributed by atoms with Gasteiger partial charge >= 0.3 is 18.9 Å². The van der Waals surface area contributed by atoms with Crippen molar-refractivity contribution in [2.24, 2.45) is 0 Å². The van der Waals surface area contributed by atoms with E-state index in [0.717, 1.165) is 31.4 Å². The summed E-state index contributed by atoms with van der Waals surface area (Å²) in [4.78, 5) is -1.37. The van der Waals surface area contributed by atoms with E-state index in [4.69, 9.17) is 4.18 Å². The standard InChI is InChI=1S/C18H30O6S2.Li/c1-2-3-4-5-6-7-8-9-10-13-16-24-26(22,23)18-15-12-11-14-17(18)25(19,20)21;/h11-12,14-15H,2-10,13,16H2,1H3,(H,19,20,21);/q;+1/p-1. The molecule has 27 heavy (non-hydrogen) atoms. The van der Waals surface area contributed by atoms with Crippen LogP contribution >= 0.6 is 0 Å². The fourth-order valence-corrected chi connectivity index (χ4v) is 4.88. The third-order valence-electron chi connectivity index (χ3n) is 4.12. The van der Waals surface area contributed by atoms with Crippen LogP contribution < -0.4 is 18.9 Å². The molecule has 0 aromatic heterocycles. The first-order valence-electron chi connectivity index (χ1n) is 9.23. The van der Waals surface area contributed by atoms with Gasteiger partial charge in [0.25, 0.3) is 10.1 Å². The summed E-state index contributed by atoms with van der Waals surface area (Å²) in [6.07, 6.45) is 11.1. The van der Waals surface area contributed by atoms with Gasteiger partial charge in [0.2, 0.25) is 0 Å². The number of hydrogen-bond donors (Lipinski definition) is 0. The Morgan fingerprint density at radius 1 is 0.778 bits per heavy atom. The molecule has 0 radical (unpaired) electrons. The van der Waals surface area contributed by atoms with Gasteiger partial charge in [0.05, 0.1) is 11.5 Å². The van der Waals surface area contributed by atoms with Crippen molar-refractivity contribution in [3.8, 4) is 0 Å². The van der Waals surface area contributed by atoms with Crippen molar-refractivity contribution in [2.75, 3.05) is 6.61 Å². The van der Waals surface area contributed by atoms with E-state index in [0.29, 0.717) is 6.42 Å². The Morgan fingerprint density at radius 3 is 1.70 bits per heavy atom. The second kappa shape index (κ2) is 13.8. The summed E-state index contributed by atoms with van der Waals surface area (Å²) in [7, 11) is -9.14. The van der Waals surface area contributed by atoms with E-state index in [1.807, 2.05) is 0 Å². The molecule has 0 amide bonds. The minimum Gasteiger partial charge on any atom is -0.744 e. The van der Waals surface area contributed by atoms with Crippen molar-refractivity contribution in [1.29, 1.82) is 0 Å². The molecule has 0 N–H and O–H groups in total. The van der Waals surface area contributed by atoms with Crippen molar-refractivity contribution in [1.82, 2.24) is 0 Å². The van der Waals surface area contributed by atoms with Crippen LogP contribution in [0.15, 0.2) is 34.1 Å². The van der Waals surface area contributed by atoms with Gasteiger partial charge in [-0.25, -0.2) is 8.42 Å². The topological polar surface area (TPSA) is 101 Å². The third-order valence-corrected chi connectivity index (χ3v) is 6.52. The summed E-state index contributed by atoms with van der Waals surface area (Å²) in [5.74, 6) is 0. The fraction of sp³-hybridized carbons (Fsp3) is 0.667. The van der Waals surface area contributed by atoms with Gasteiger partial charge in [-0.15, -0.1) is 0 Å². The van der Waals surface area contributed by atoms with Crippen LogP contribution in [-0.4, -0.2) is 28.0 Å². The molecule has 0 fully saturated rings. The quantitative estimate of drug-likeness (QED) is 0.197. The molecule has 0 saturated carbocycles. The number of unbranched alkanes of at least 4 members (excludes halogenated alkanes) is 9. The Bertz CT molecular complexity index is 732. The Morgan fingerprint density at radius 2 is 1.22 bits per heavy atom. The molecule has 0 atom stereocenters. The molecule has 0 aliphatic carbocycles. The SMILES string of the molecule is CCCCCCCCCCCCOS(=O)(=O)c1ccccc1S(=O)(=O)[O-].[Li+]. The molecule has 9 heteroatoms. The van der Waals surface area contributed by atoms with E-state index < -0.39 is 30.0 Å². The van der Waals surface area contributed by atoms with E-state index in [-0.39, 0.29) is 25.5 Å². The largest absolute Gasteiger partial charge is 1.00 e. The number of benzene rings is 1. The molecule has 150 valence electrons. The van der Waals surface area contributed by atoms with Gasteiger partial charge in [0.1, 0.15) is 15.0 Å². The minimum atomic E-state index is -4.88. The second-order valence-corrected chi connectivity index (χ2v) is 9.29. The van der Waals surface area contributed by atoms with Crippen molar-refractivity contribution in [3.63, 3.8) is 0 Å². The van der Waals surface area contributed by atoms with Crippen molar-refractivity contribution >= 4 is 20.2 Å². The average Bonchev–Trinajstić information content (AvgIpc) is 2.59. The van der Waals surface area contributed by atoms with E-state index in [1.165, 1.54) is 50.7 Å². The number of hydrogen-bond acceptors (Lipinski definition) is 6. The predicted octanol–water partition coefficient (Wildman–Crippen LogP) is 1.22. The smallest absolute Gasteiger partial charge is 0.744 e. The van der Waals surface area contributed by atoms with E-state index in [1.54, 1.807) is 0 Å². The molecule has 0 aliphatic rings. The maximum Gasteiger partial charge on any atom is 1.00 e. The van der Waals surface area contributed by atoms with Crippen LogP contribution in [0.5, 0.6) is 0 Å². The summed E-state index contributed by atoms with van der Waals surface area (Å²) in [5, 5.41) is 0. The molecule has 6 nitrogen and oxygen atoms in total. The zero-order valence-electron chi connectivity index (χ0n) is 16.4. The first-order valence-corrected chi connectivity index (χ1v) is 12.0. The van der Waals surface area contributed by atoms with Crippen LogP contribution in [0.25, 0.3) is 0 Å². The molecule has 0 heterocycles. The van der Waals surface area contributed by atoms with Gasteiger partial charge < -0.3 is 4.55 Å². The second-order valence-electron chi connectivity index (χ2n) is 6.36.